The van der Waals surface area contributed by atoms with Crippen molar-refractivity contribution in [2.24, 2.45) is 5.92 Å². The number of ether oxygens (including phenoxy) is 1. The molecule has 36 heavy (non-hydrogen) atoms. The molecule has 1 aromatic heterocycles. The van der Waals surface area contributed by atoms with E-state index in [-0.39, 0.29) is 30.3 Å². The Hall–Kier alpha value is -3.12. The van der Waals surface area contributed by atoms with Gasteiger partial charge in [0.05, 0.1) is 6.04 Å². The van der Waals surface area contributed by atoms with Crippen molar-refractivity contribution in [3.8, 4) is 5.75 Å². The Bertz CT molecular complexity index is 1150. The molecule has 1 atom stereocenters. The fraction of sp³-hybridized carbons (Fsp3) is 0.400. The lowest BCUT2D eigenvalue weighted by molar-refractivity contribution is -0.135. The number of rotatable bonds is 9. The molecule has 0 spiro atoms. The van der Waals surface area contributed by atoms with Crippen LogP contribution in [-0.4, -0.2) is 47.9 Å². The van der Waals surface area contributed by atoms with E-state index >= 15 is 0 Å². The highest BCUT2D eigenvalue weighted by atomic mass is 32.1. The fourth-order valence-electron chi connectivity index (χ4n) is 4.68. The number of thiophene rings is 1. The standard InChI is InChI=1S/C30H36N2O3S/c1-21(2)18-31(30(34)24-8-6-5-7-9-24)19-29(33)32-16-14-28-26(15-17-36-28)27(32)20-35-25-12-10-23(11-13-25)22(3)4/h5-13,15,17,21-22,27H,14,16,18-20H2,1-4H3/t27-/m1/s1. The van der Waals surface area contributed by atoms with Crippen LogP contribution in [0.4, 0.5) is 0 Å². The Balaban J connectivity index is 1.51. The van der Waals surface area contributed by atoms with Crippen LogP contribution in [0.15, 0.2) is 66.0 Å². The van der Waals surface area contributed by atoms with Crippen LogP contribution in [0.1, 0.15) is 66.0 Å². The van der Waals surface area contributed by atoms with Gasteiger partial charge in [-0.25, -0.2) is 0 Å². The summed E-state index contributed by atoms with van der Waals surface area (Å²) >= 11 is 1.74. The maximum Gasteiger partial charge on any atom is 0.254 e. The van der Waals surface area contributed by atoms with E-state index in [0.717, 1.165) is 17.7 Å². The number of hydrogen-bond donors (Lipinski definition) is 0. The zero-order valence-electron chi connectivity index (χ0n) is 21.6. The molecule has 0 saturated heterocycles. The molecule has 0 fully saturated rings. The van der Waals surface area contributed by atoms with Crippen molar-refractivity contribution >= 4 is 23.2 Å². The Kier molecular flexibility index (Phi) is 8.47. The first kappa shape index (κ1) is 26.0. The van der Waals surface area contributed by atoms with E-state index in [2.05, 4.69) is 51.3 Å². The topological polar surface area (TPSA) is 49.9 Å². The summed E-state index contributed by atoms with van der Waals surface area (Å²) in [6, 6.07) is 19.3. The molecule has 3 aromatic rings. The van der Waals surface area contributed by atoms with Gasteiger partial charge in [-0.2, -0.15) is 0 Å². The lowest BCUT2D eigenvalue weighted by Crippen LogP contribution is -2.48. The first-order valence-electron chi connectivity index (χ1n) is 12.8. The van der Waals surface area contributed by atoms with Gasteiger partial charge < -0.3 is 14.5 Å². The highest BCUT2D eigenvalue weighted by Crippen LogP contribution is 2.34. The molecule has 1 aliphatic rings. The second-order valence-corrected chi connectivity index (χ2v) is 11.1. The third kappa shape index (κ3) is 6.16. The van der Waals surface area contributed by atoms with Gasteiger partial charge >= 0.3 is 0 Å². The van der Waals surface area contributed by atoms with Gasteiger partial charge in [0.15, 0.2) is 0 Å². The first-order valence-corrected chi connectivity index (χ1v) is 13.6. The molecule has 0 saturated carbocycles. The molecule has 4 rings (SSSR count). The minimum Gasteiger partial charge on any atom is -0.491 e. The smallest absolute Gasteiger partial charge is 0.254 e. The van der Waals surface area contributed by atoms with E-state index in [1.165, 1.54) is 10.4 Å². The van der Waals surface area contributed by atoms with Crippen molar-refractivity contribution < 1.29 is 14.3 Å². The molecular weight excluding hydrogens is 468 g/mol. The van der Waals surface area contributed by atoms with Gasteiger partial charge in [0.1, 0.15) is 18.9 Å². The van der Waals surface area contributed by atoms with Crippen LogP contribution < -0.4 is 4.74 Å². The van der Waals surface area contributed by atoms with Crippen LogP contribution in [-0.2, 0) is 11.2 Å². The van der Waals surface area contributed by atoms with E-state index < -0.39 is 0 Å². The number of carbonyl (C=O) groups is 2. The summed E-state index contributed by atoms with van der Waals surface area (Å²) in [5.41, 5.74) is 3.03. The minimum absolute atomic E-state index is 0.0412. The minimum atomic E-state index is -0.176. The molecule has 2 heterocycles. The van der Waals surface area contributed by atoms with Crippen LogP contribution in [0, 0.1) is 5.92 Å². The summed E-state index contributed by atoms with van der Waals surface area (Å²) in [4.78, 5) is 31.8. The Morgan fingerprint density at radius 2 is 1.75 bits per heavy atom. The van der Waals surface area contributed by atoms with Gasteiger partial charge in [0, 0.05) is 23.5 Å². The van der Waals surface area contributed by atoms with Crippen molar-refractivity contribution in [1.82, 2.24) is 9.80 Å². The second-order valence-electron chi connectivity index (χ2n) is 10.1. The van der Waals surface area contributed by atoms with Crippen LogP contribution in [0.25, 0.3) is 0 Å². The van der Waals surface area contributed by atoms with Gasteiger partial charge in [0.2, 0.25) is 5.91 Å². The maximum absolute atomic E-state index is 13.7. The third-order valence-electron chi connectivity index (χ3n) is 6.59. The molecule has 0 N–H and O–H groups in total. The van der Waals surface area contributed by atoms with Crippen molar-refractivity contribution in [3.63, 3.8) is 0 Å². The van der Waals surface area contributed by atoms with Crippen LogP contribution in [0.5, 0.6) is 5.75 Å². The number of benzene rings is 2. The van der Waals surface area contributed by atoms with Crippen molar-refractivity contribution in [3.05, 3.63) is 87.6 Å². The van der Waals surface area contributed by atoms with Gasteiger partial charge in [-0.15, -0.1) is 11.3 Å². The molecular formula is C30H36N2O3S. The van der Waals surface area contributed by atoms with E-state index in [9.17, 15) is 9.59 Å². The number of amides is 2. The first-order chi connectivity index (χ1) is 17.3. The number of hydrogen-bond acceptors (Lipinski definition) is 4. The molecule has 2 aromatic carbocycles. The summed E-state index contributed by atoms with van der Waals surface area (Å²) in [6.07, 6.45) is 0.829. The number of nitrogens with zero attached hydrogens (tertiary/aromatic N) is 2. The molecule has 0 aliphatic carbocycles. The quantitative estimate of drug-likeness (QED) is 0.350. The number of carbonyl (C=O) groups excluding carboxylic acids is 2. The summed E-state index contributed by atoms with van der Waals surface area (Å²) in [5.74, 6) is 1.37. The van der Waals surface area contributed by atoms with Crippen molar-refractivity contribution in [2.45, 2.75) is 46.1 Å². The predicted octanol–water partition coefficient (Wildman–Crippen LogP) is 6.17. The van der Waals surface area contributed by atoms with Crippen molar-refractivity contribution in [1.29, 1.82) is 0 Å². The van der Waals surface area contributed by atoms with E-state index in [1.54, 1.807) is 28.4 Å². The predicted molar refractivity (Wildman–Crippen MR) is 146 cm³/mol. The second kappa shape index (κ2) is 11.7. The zero-order valence-corrected chi connectivity index (χ0v) is 22.5. The summed E-state index contributed by atoms with van der Waals surface area (Å²) < 4.78 is 6.20. The lowest BCUT2D eigenvalue weighted by Gasteiger charge is -2.37. The molecule has 0 unspecified atom stereocenters. The van der Waals surface area contributed by atoms with Crippen LogP contribution in [0.2, 0.25) is 0 Å². The van der Waals surface area contributed by atoms with Gasteiger partial charge in [0.25, 0.3) is 5.91 Å². The molecule has 5 nitrogen and oxygen atoms in total. The average molecular weight is 505 g/mol. The monoisotopic (exact) mass is 504 g/mol. The van der Waals surface area contributed by atoms with Crippen molar-refractivity contribution in [2.75, 3.05) is 26.2 Å². The van der Waals surface area contributed by atoms with Crippen LogP contribution in [0.3, 0.4) is 0 Å². The van der Waals surface area contributed by atoms with Gasteiger partial charge in [-0.3, -0.25) is 9.59 Å². The molecule has 0 radical (unpaired) electrons. The third-order valence-corrected chi connectivity index (χ3v) is 7.59. The van der Waals surface area contributed by atoms with E-state index in [4.69, 9.17) is 4.74 Å². The summed E-state index contributed by atoms with van der Waals surface area (Å²) in [6.45, 7) is 10.1. The Morgan fingerprint density at radius 1 is 1.03 bits per heavy atom. The van der Waals surface area contributed by atoms with Gasteiger partial charge in [-0.05, 0) is 65.1 Å². The van der Waals surface area contributed by atoms with E-state index in [1.807, 2.05) is 35.2 Å². The zero-order chi connectivity index (χ0) is 25.7. The normalized spacial score (nSPS) is 15.2. The SMILES string of the molecule is CC(C)CN(CC(=O)N1CCc2sccc2[C@H]1COc1ccc(C(C)C)cc1)C(=O)c1ccccc1. The van der Waals surface area contributed by atoms with Crippen LogP contribution >= 0.6 is 11.3 Å². The summed E-state index contributed by atoms with van der Waals surface area (Å²) in [5, 5.41) is 2.09. The van der Waals surface area contributed by atoms with Gasteiger partial charge in [-0.1, -0.05) is 58.0 Å². The molecule has 1 aliphatic heterocycles. The molecule has 190 valence electrons. The molecule has 6 heteroatoms. The van der Waals surface area contributed by atoms with E-state index in [0.29, 0.717) is 31.2 Å². The highest BCUT2D eigenvalue weighted by Gasteiger charge is 2.33. The Labute approximate surface area is 218 Å². The Morgan fingerprint density at radius 3 is 2.42 bits per heavy atom. The summed E-state index contributed by atoms with van der Waals surface area (Å²) in [7, 11) is 0. The molecule has 2 amide bonds. The average Bonchev–Trinajstić information content (AvgIpc) is 3.36. The fourth-order valence-corrected chi connectivity index (χ4v) is 5.60. The number of fused-ring (bicyclic) bond motifs is 1. The molecule has 0 bridgehead atoms. The highest BCUT2D eigenvalue weighted by molar-refractivity contribution is 7.10. The lowest BCUT2D eigenvalue weighted by atomic mass is 10.00. The largest absolute Gasteiger partial charge is 0.491 e. The maximum atomic E-state index is 13.7.